The molecule has 3 aromatic carbocycles. The van der Waals surface area contributed by atoms with E-state index in [1.165, 1.54) is 0 Å². The predicted octanol–water partition coefficient (Wildman–Crippen LogP) is 5.30. The Balaban J connectivity index is 1.12. The Morgan fingerprint density at radius 2 is 1.80 bits per heavy atom. The number of aryl methyl sites for hydroxylation is 2. The average Bonchev–Trinajstić information content (AvgIpc) is 3.66. The first-order valence-electron chi connectivity index (χ1n) is 15.9. The summed E-state index contributed by atoms with van der Waals surface area (Å²) in [5.74, 6) is -0.410. The van der Waals surface area contributed by atoms with Crippen molar-refractivity contribution in [1.29, 1.82) is 0 Å². The number of methoxy groups -OCH3 is 1. The van der Waals surface area contributed by atoms with Gasteiger partial charge in [0.15, 0.2) is 11.5 Å². The first kappa shape index (κ1) is 34.4. The van der Waals surface area contributed by atoms with Crippen LogP contribution in [0.3, 0.4) is 0 Å². The van der Waals surface area contributed by atoms with E-state index in [0.29, 0.717) is 41.4 Å². The Labute approximate surface area is 284 Å². The highest BCUT2D eigenvalue weighted by Crippen LogP contribution is 2.36. The van der Waals surface area contributed by atoms with Gasteiger partial charge in [-0.25, -0.2) is 0 Å². The zero-order valence-corrected chi connectivity index (χ0v) is 27.6. The number of nitrogens with zero attached hydrogens (tertiary/aromatic N) is 3. The SMILES string of the molecule is COc1cc(C)c(N=CC2Cc3ccccc3N2C=O)cc1OCCCC(=O)Nc1ccc(-c2cc(C(=O)NCCC(=O)O)n(C)c2)cc1. The molecule has 3 amide bonds. The van der Waals surface area contributed by atoms with E-state index in [0.717, 1.165) is 34.4 Å². The Kier molecular flexibility index (Phi) is 11.1. The van der Waals surface area contributed by atoms with Crippen LogP contribution < -0.4 is 25.0 Å². The van der Waals surface area contributed by atoms with Crippen molar-refractivity contribution in [3.05, 3.63) is 89.7 Å². The van der Waals surface area contributed by atoms with E-state index >= 15 is 0 Å². The Bertz CT molecular complexity index is 1870. The Hall–Kier alpha value is -5.91. The highest BCUT2D eigenvalue weighted by molar-refractivity contribution is 5.95. The van der Waals surface area contributed by atoms with Crippen molar-refractivity contribution < 1.29 is 33.8 Å². The van der Waals surface area contributed by atoms with Crippen molar-refractivity contribution in [2.45, 2.75) is 38.6 Å². The topological polar surface area (TPSA) is 152 Å². The molecule has 1 atom stereocenters. The fourth-order valence-electron chi connectivity index (χ4n) is 5.63. The maximum atomic E-state index is 12.7. The van der Waals surface area contributed by atoms with Gasteiger partial charge in [-0.05, 0) is 60.4 Å². The van der Waals surface area contributed by atoms with Crippen LogP contribution >= 0.6 is 0 Å². The molecule has 0 bridgehead atoms. The van der Waals surface area contributed by atoms with E-state index in [1.54, 1.807) is 54.1 Å². The largest absolute Gasteiger partial charge is 0.493 e. The normalized spacial score (nSPS) is 13.6. The summed E-state index contributed by atoms with van der Waals surface area (Å²) in [5, 5.41) is 14.3. The maximum Gasteiger partial charge on any atom is 0.305 e. The van der Waals surface area contributed by atoms with Gasteiger partial charge in [-0.3, -0.25) is 24.2 Å². The van der Waals surface area contributed by atoms with Gasteiger partial charge in [0.2, 0.25) is 12.3 Å². The molecule has 0 saturated heterocycles. The number of hydrogen-bond acceptors (Lipinski definition) is 7. The standard InChI is InChI=1S/C37H39N5O7/c1-24-17-33(48-3)34(20-30(24)39-21-29-18-26-7-4-5-8-31(26)42(29)23-43)49-16-6-9-35(44)40-28-12-10-25(11-13-28)27-19-32(41(2)22-27)37(47)38-15-14-36(45)46/h4-5,7-8,10-13,17,19-23,29H,6,9,14-16,18H2,1-3H3,(H,38,47)(H,40,44)(H,45,46). The summed E-state index contributed by atoms with van der Waals surface area (Å²) in [6, 6.07) is 20.3. The van der Waals surface area contributed by atoms with E-state index in [2.05, 4.69) is 10.6 Å². The molecule has 3 N–H and O–H groups in total. The second-order valence-electron chi connectivity index (χ2n) is 11.7. The number of amides is 3. The molecule has 254 valence electrons. The van der Waals surface area contributed by atoms with E-state index in [1.807, 2.05) is 55.6 Å². The van der Waals surface area contributed by atoms with Gasteiger partial charge in [0.25, 0.3) is 5.91 Å². The summed E-state index contributed by atoms with van der Waals surface area (Å²) in [7, 11) is 3.31. The fraction of sp³-hybridized carbons (Fsp3) is 0.270. The lowest BCUT2D eigenvalue weighted by molar-refractivity contribution is -0.136. The van der Waals surface area contributed by atoms with Gasteiger partial charge in [-0.1, -0.05) is 30.3 Å². The molecule has 1 unspecified atom stereocenters. The summed E-state index contributed by atoms with van der Waals surface area (Å²) in [6.45, 7) is 2.26. The molecule has 2 heterocycles. The van der Waals surface area contributed by atoms with Crippen molar-refractivity contribution >= 4 is 47.5 Å². The van der Waals surface area contributed by atoms with E-state index in [4.69, 9.17) is 19.6 Å². The van der Waals surface area contributed by atoms with Crippen LogP contribution in [0.15, 0.2) is 77.9 Å². The second kappa shape index (κ2) is 15.8. The smallest absolute Gasteiger partial charge is 0.305 e. The lowest BCUT2D eigenvalue weighted by Gasteiger charge is -2.17. The Morgan fingerprint density at radius 1 is 1.02 bits per heavy atom. The maximum absolute atomic E-state index is 12.7. The lowest BCUT2D eigenvalue weighted by Crippen LogP contribution is -2.31. The number of anilines is 2. The number of para-hydroxylation sites is 1. The van der Waals surface area contributed by atoms with Crippen LogP contribution in [0.4, 0.5) is 17.1 Å². The number of aliphatic imine (C=N–C) groups is 1. The lowest BCUT2D eigenvalue weighted by atomic mass is 10.1. The third-order valence-electron chi connectivity index (χ3n) is 8.21. The summed E-state index contributed by atoms with van der Waals surface area (Å²) in [6.07, 6.45) is 5.68. The molecule has 0 spiro atoms. The van der Waals surface area contributed by atoms with Gasteiger partial charge in [0, 0.05) is 61.9 Å². The molecule has 0 radical (unpaired) electrons. The van der Waals surface area contributed by atoms with E-state index in [-0.39, 0.29) is 43.8 Å². The first-order chi connectivity index (χ1) is 23.7. The number of carbonyl (C=O) groups is 4. The first-order valence-corrected chi connectivity index (χ1v) is 15.9. The van der Waals surface area contributed by atoms with Crippen molar-refractivity contribution in [1.82, 2.24) is 9.88 Å². The molecule has 0 aliphatic carbocycles. The number of carbonyl (C=O) groups excluding carboxylic acids is 3. The number of rotatable bonds is 15. The van der Waals surface area contributed by atoms with Gasteiger partial charge in [0.05, 0.1) is 31.9 Å². The minimum absolute atomic E-state index is 0.0469. The van der Waals surface area contributed by atoms with Crippen LogP contribution in [0.25, 0.3) is 11.1 Å². The highest BCUT2D eigenvalue weighted by atomic mass is 16.5. The summed E-state index contributed by atoms with van der Waals surface area (Å²) < 4.78 is 13.2. The minimum Gasteiger partial charge on any atom is -0.493 e. The van der Waals surface area contributed by atoms with Gasteiger partial charge < -0.3 is 34.7 Å². The average molecular weight is 666 g/mol. The van der Waals surface area contributed by atoms with Crippen molar-refractivity contribution in [2.24, 2.45) is 12.0 Å². The monoisotopic (exact) mass is 665 g/mol. The van der Waals surface area contributed by atoms with Crippen molar-refractivity contribution in [2.75, 3.05) is 30.5 Å². The molecule has 1 aromatic heterocycles. The Morgan fingerprint density at radius 3 is 2.53 bits per heavy atom. The van der Waals surface area contributed by atoms with Gasteiger partial charge in [-0.2, -0.15) is 0 Å². The molecule has 4 aromatic rings. The quantitative estimate of drug-likeness (QED) is 0.0886. The molecule has 12 nitrogen and oxygen atoms in total. The number of carboxylic acids is 1. The fourth-order valence-corrected chi connectivity index (χ4v) is 5.63. The molecule has 5 rings (SSSR count). The second-order valence-corrected chi connectivity index (χ2v) is 11.7. The number of carboxylic acid groups (broad SMARTS) is 1. The molecular weight excluding hydrogens is 626 g/mol. The zero-order chi connectivity index (χ0) is 34.9. The van der Waals surface area contributed by atoms with E-state index in [9.17, 15) is 19.2 Å². The van der Waals surface area contributed by atoms with Crippen molar-refractivity contribution in [3.8, 4) is 22.6 Å². The predicted molar refractivity (Wildman–Crippen MR) is 187 cm³/mol. The summed E-state index contributed by atoms with van der Waals surface area (Å²) in [5.41, 5.74) is 6.31. The third kappa shape index (κ3) is 8.52. The van der Waals surface area contributed by atoms with Gasteiger partial charge >= 0.3 is 5.97 Å². The van der Waals surface area contributed by atoms with Crippen LogP contribution in [-0.4, -0.2) is 66.4 Å². The van der Waals surface area contributed by atoms with Crippen LogP contribution in [-0.2, 0) is 27.9 Å². The molecule has 0 saturated carbocycles. The molecule has 12 heteroatoms. The number of fused-ring (bicyclic) bond motifs is 1. The molecule has 1 aliphatic heterocycles. The number of ether oxygens (including phenoxy) is 2. The van der Waals surface area contributed by atoms with Crippen LogP contribution in [0, 0.1) is 6.92 Å². The van der Waals surface area contributed by atoms with Crippen molar-refractivity contribution in [3.63, 3.8) is 0 Å². The van der Waals surface area contributed by atoms with Crippen LogP contribution in [0.2, 0.25) is 0 Å². The van der Waals surface area contributed by atoms with Crippen LogP contribution in [0.5, 0.6) is 11.5 Å². The van der Waals surface area contributed by atoms with Crippen LogP contribution in [0.1, 0.15) is 40.9 Å². The van der Waals surface area contributed by atoms with Gasteiger partial charge in [-0.15, -0.1) is 0 Å². The molecular formula is C37H39N5O7. The minimum atomic E-state index is -0.978. The number of nitrogens with one attached hydrogen (secondary N) is 2. The molecule has 0 fully saturated rings. The highest BCUT2D eigenvalue weighted by Gasteiger charge is 2.27. The van der Waals surface area contributed by atoms with E-state index < -0.39 is 5.97 Å². The molecule has 49 heavy (non-hydrogen) atoms. The number of benzene rings is 3. The number of hydrogen-bond donors (Lipinski definition) is 3. The number of aromatic nitrogens is 1. The summed E-state index contributed by atoms with van der Waals surface area (Å²) >= 11 is 0. The van der Waals surface area contributed by atoms with Gasteiger partial charge in [0.1, 0.15) is 5.69 Å². The summed E-state index contributed by atoms with van der Waals surface area (Å²) in [4.78, 5) is 54.0. The molecule has 1 aliphatic rings. The zero-order valence-electron chi connectivity index (χ0n) is 27.6. The third-order valence-corrected chi connectivity index (χ3v) is 8.21. The number of aliphatic carboxylic acids is 1.